The number of amides is 1. The van der Waals surface area contributed by atoms with E-state index in [4.69, 9.17) is 20.8 Å². The molecule has 2 fully saturated rings. The van der Waals surface area contributed by atoms with Gasteiger partial charge in [0.1, 0.15) is 5.52 Å². The number of carbonyl (C=O) groups excluding carboxylic acids is 1. The van der Waals surface area contributed by atoms with Crippen LogP contribution in [0.2, 0.25) is 5.02 Å². The van der Waals surface area contributed by atoms with E-state index >= 15 is 0 Å². The Morgan fingerprint density at radius 1 is 1.06 bits per heavy atom. The van der Waals surface area contributed by atoms with Gasteiger partial charge in [0.2, 0.25) is 0 Å². The number of likely N-dealkylation sites (tertiary alicyclic amines) is 1. The fraction of sp³-hybridized carbons (Fsp3) is 0.417. The Bertz CT molecular complexity index is 1070. The van der Waals surface area contributed by atoms with Crippen LogP contribution in [0.4, 0.5) is 0 Å². The van der Waals surface area contributed by atoms with Gasteiger partial charge in [-0.15, -0.1) is 0 Å². The summed E-state index contributed by atoms with van der Waals surface area (Å²) in [5, 5.41) is 0.656. The van der Waals surface area contributed by atoms with Crippen LogP contribution in [0, 0.1) is 0 Å². The summed E-state index contributed by atoms with van der Waals surface area (Å²) in [6.07, 6.45) is 1.69. The second-order valence-corrected chi connectivity index (χ2v) is 8.76. The summed E-state index contributed by atoms with van der Waals surface area (Å²) in [5.41, 5.74) is 3.49. The minimum atomic E-state index is 0.103. The number of rotatable bonds is 4. The summed E-state index contributed by atoms with van der Waals surface area (Å²) in [6, 6.07) is 13.5. The highest BCUT2D eigenvalue weighted by Gasteiger charge is 2.27. The summed E-state index contributed by atoms with van der Waals surface area (Å²) >= 11 is 6.06. The zero-order chi connectivity index (χ0) is 21.2. The predicted molar refractivity (Wildman–Crippen MR) is 119 cm³/mol. The monoisotopic (exact) mass is 439 g/mol. The third-order valence-corrected chi connectivity index (χ3v) is 6.42. The van der Waals surface area contributed by atoms with Gasteiger partial charge in [0.15, 0.2) is 11.5 Å². The average Bonchev–Trinajstić information content (AvgIpc) is 3.23. The lowest BCUT2D eigenvalue weighted by molar-refractivity contribution is 0.0341. The summed E-state index contributed by atoms with van der Waals surface area (Å²) in [6.45, 7) is 5.70. The predicted octanol–water partition coefficient (Wildman–Crippen LogP) is 4.33. The van der Waals surface area contributed by atoms with Crippen molar-refractivity contribution in [2.24, 2.45) is 0 Å². The first-order chi connectivity index (χ1) is 15.2. The van der Waals surface area contributed by atoms with E-state index in [2.05, 4.69) is 16.0 Å². The van der Waals surface area contributed by atoms with Gasteiger partial charge in [-0.1, -0.05) is 23.7 Å². The lowest BCUT2D eigenvalue weighted by Gasteiger charge is -2.31. The SMILES string of the molecule is O=C(c1cccc(CN2CCOCC2)c1)N1CCC(c2nc3cc(Cl)ccc3o2)CC1. The Hall–Kier alpha value is -2.41. The van der Waals surface area contributed by atoms with Crippen molar-refractivity contribution in [3.8, 4) is 0 Å². The van der Waals surface area contributed by atoms with Crippen molar-refractivity contribution < 1.29 is 13.9 Å². The Morgan fingerprint density at radius 2 is 1.87 bits per heavy atom. The second-order valence-electron chi connectivity index (χ2n) is 8.32. The fourth-order valence-electron chi connectivity index (χ4n) is 4.43. The Balaban J connectivity index is 1.22. The number of ether oxygens (including phenoxy) is 1. The summed E-state index contributed by atoms with van der Waals surface area (Å²) in [7, 11) is 0. The van der Waals surface area contributed by atoms with Crippen LogP contribution in [0.15, 0.2) is 46.9 Å². The number of nitrogens with zero attached hydrogens (tertiary/aromatic N) is 3. The average molecular weight is 440 g/mol. The lowest BCUT2D eigenvalue weighted by Crippen LogP contribution is -2.38. The zero-order valence-electron chi connectivity index (χ0n) is 17.4. The van der Waals surface area contributed by atoms with Crippen molar-refractivity contribution in [3.63, 3.8) is 0 Å². The number of hydrogen-bond acceptors (Lipinski definition) is 5. The van der Waals surface area contributed by atoms with Gasteiger partial charge in [-0.05, 0) is 48.7 Å². The van der Waals surface area contributed by atoms with Gasteiger partial charge < -0.3 is 14.1 Å². The van der Waals surface area contributed by atoms with Crippen molar-refractivity contribution in [1.29, 1.82) is 0 Å². The van der Waals surface area contributed by atoms with E-state index in [0.717, 1.165) is 68.2 Å². The topological polar surface area (TPSA) is 58.8 Å². The molecule has 0 bridgehead atoms. The number of morpholine rings is 1. The maximum absolute atomic E-state index is 13.1. The number of oxazole rings is 1. The molecule has 0 aliphatic carbocycles. The van der Waals surface area contributed by atoms with Gasteiger partial charge >= 0.3 is 0 Å². The minimum absolute atomic E-state index is 0.103. The minimum Gasteiger partial charge on any atom is -0.440 e. The maximum Gasteiger partial charge on any atom is 0.253 e. The van der Waals surface area contributed by atoms with Crippen molar-refractivity contribution in [2.75, 3.05) is 39.4 Å². The van der Waals surface area contributed by atoms with Gasteiger partial charge in [-0.3, -0.25) is 9.69 Å². The van der Waals surface area contributed by atoms with E-state index in [9.17, 15) is 4.79 Å². The van der Waals surface area contributed by atoms with E-state index in [1.54, 1.807) is 0 Å². The smallest absolute Gasteiger partial charge is 0.253 e. The standard InChI is InChI=1S/C24H26ClN3O3/c25-20-4-5-22-21(15-20)26-23(31-22)18-6-8-28(9-7-18)24(29)19-3-1-2-17(14-19)16-27-10-12-30-13-11-27/h1-5,14-15,18H,6-13,16H2. The highest BCUT2D eigenvalue weighted by molar-refractivity contribution is 6.31. The molecule has 1 aromatic heterocycles. The second kappa shape index (κ2) is 8.99. The van der Waals surface area contributed by atoms with Crippen molar-refractivity contribution in [1.82, 2.24) is 14.8 Å². The van der Waals surface area contributed by atoms with Crippen LogP contribution in [0.5, 0.6) is 0 Å². The molecule has 5 rings (SSSR count). The fourth-order valence-corrected chi connectivity index (χ4v) is 4.59. The van der Waals surface area contributed by atoms with Gasteiger partial charge in [0.05, 0.1) is 13.2 Å². The molecule has 2 aliphatic rings. The van der Waals surface area contributed by atoms with Crippen LogP contribution in [-0.2, 0) is 11.3 Å². The van der Waals surface area contributed by atoms with E-state index in [-0.39, 0.29) is 11.8 Å². The number of halogens is 1. The van der Waals surface area contributed by atoms with Crippen molar-refractivity contribution in [3.05, 3.63) is 64.5 Å². The molecule has 6 nitrogen and oxygen atoms in total. The summed E-state index contributed by atoms with van der Waals surface area (Å²) in [5.74, 6) is 1.08. The summed E-state index contributed by atoms with van der Waals surface area (Å²) in [4.78, 5) is 22.0. The van der Waals surface area contributed by atoms with Crippen LogP contribution >= 0.6 is 11.6 Å². The molecule has 0 atom stereocenters. The maximum atomic E-state index is 13.1. The van der Waals surface area contributed by atoms with Crippen molar-refractivity contribution in [2.45, 2.75) is 25.3 Å². The van der Waals surface area contributed by atoms with Crippen LogP contribution in [-0.4, -0.2) is 60.1 Å². The molecule has 0 N–H and O–H groups in total. The van der Waals surface area contributed by atoms with E-state index in [1.807, 2.05) is 41.3 Å². The largest absolute Gasteiger partial charge is 0.440 e. The molecule has 2 aliphatic heterocycles. The quantitative estimate of drug-likeness (QED) is 0.605. The molecule has 2 saturated heterocycles. The molecule has 0 unspecified atom stereocenters. The molecule has 0 radical (unpaired) electrons. The number of hydrogen-bond donors (Lipinski definition) is 0. The molecule has 3 aromatic rings. The normalized spacial score (nSPS) is 18.5. The molecule has 31 heavy (non-hydrogen) atoms. The first-order valence-electron chi connectivity index (χ1n) is 10.9. The lowest BCUT2D eigenvalue weighted by atomic mass is 9.96. The Kier molecular flexibility index (Phi) is 5.94. The number of fused-ring (bicyclic) bond motifs is 1. The zero-order valence-corrected chi connectivity index (χ0v) is 18.2. The van der Waals surface area contributed by atoms with Gasteiger partial charge in [-0.25, -0.2) is 4.98 Å². The Morgan fingerprint density at radius 3 is 2.68 bits per heavy atom. The molecule has 0 saturated carbocycles. The molecule has 7 heteroatoms. The van der Waals surface area contributed by atoms with Crippen molar-refractivity contribution >= 4 is 28.6 Å². The number of carbonyl (C=O) groups is 1. The number of benzene rings is 2. The molecule has 1 amide bonds. The molecule has 3 heterocycles. The third kappa shape index (κ3) is 4.61. The molecule has 2 aromatic carbocycles. The van der Waals surface area contributed by atoms with Gasteiger partial charge in [-0.2, -0.15) is 0 Å². The van der Waals surface area contributed by atoms with Crippen LogP contribution in [0.1, 0.15) is 40.6 Å². The highest BCUT2D eigenvalue weighted by atomic mass is 35.5. The van der Waals surface area contributed by atoms with Crippen LogP contribution in [0.25, 0.3) is 11.1 Å². The molecular weight excluding hydrogens is 414 g/mol. The number of aromatic nitrogens is 1. The van der Waals surface area contributed by atoms with E-state index in [0.29, 0.717) is 18.1 Å². The van der Waals surface area contributed by atoms with Gasteiger partial charge in [0.25, 0.3) is 5.91 Å². The van der Waals surface area contributed by atoms with Crippen LogP contribution < -0.4 is 0 Å². The Labute approximate surface area is 186 Å². The highest BCUT2D eigenvalue weighted by Crippen LogP contribution is 2.31. The third-order valence-electron chi connectivity index (χ3n) is 6.18. The molecule has 162 valence electrons. The summed E-state index contributed by atoms with van der Waals surface area (Å²) < 4.78 is 11.4. The van der Waals surface area contributed by atoms with Gasteiger partial charge in [0, 0.05) is 49.2 Å². The first kappa shape index (κ1) is 20.5. The van der Waals surface area contributed by atoms with E-state index < -0.39 is 0 Å². The first-order valence-corrected chi connectivity index (χ1v) is 11.3. The number of piperidine rings is 1. The molecule has 0 spiro atoms. The van der Waals surface area contributed by atoms with Crippen LogP contribution in [0.3, 0.4) is 0 Å². The molecular formula is C24H26ClN3O3. The van der Waals surface area contributed by atoms with E-state index in [1.165, 1.54) is 5.56 Å².